The first-order valence-electron chi connectivity index (χ1n) is 20.5. The molecule has 2 heterocycles. The Labute approximate surface area is 346 Å². The monoisotopic (exact) mass is 918 g/mol. The Morgan fingerprint density at radius 1 is 0.291 bits per heavy atom. The molecule has 2 aliphatic rings. The zero-order valence-electron chi connectivity index (χ0n) is 39.7. The van der Waals surface area contributed by atoms with Gasteiger partial charge in [-0.1, -0.05) is 0 Å². The van der Waals surface area contributed by atoms with Crippen LogP contribution in [0.4, 0.5) is 0 Å². The average molecular weight is 920 g/mol. The third-order valence-electron chi connectivity index (χ3n) is 7.75. The van der Waals surface area contributed by atoms with E-state index in [1.54, 1.807) is 0 Å². The fraction of sp³-hybridized carbons (Fsp3) is 1.00. The molecule has 0 amide bonds. The molecule has 55 heavy (non-hydrogen) atoms. The molecule has 1 unspecified atom stereocenters. The van der Waals surface area contributed by atoms with Gasteiger partial charge in [-0.2, -0.15) is 0 Å². The van der Waals surface area contributed by atoms with Crippen LogP contribution in [0.2, 0.25) is 157 Å². The van der Waals surface area contributed by atoms with Gasteiger partial charge in [0.25, 0.3) is 0 Å². The molecule has 0 spiro atoms. The summed E-state index contributed by atoms with van der Waals surface area (Å²) in [6.45, 7) is 53.5. The van der Waals surface area contributed by atoms with Gasteiger partial charge in [0.05, 0.1) is 13.2 Å². The summed E-state index contributed by atoms with van der Waals surface area (Å²) in [5, 5.41) is 0. The number of hydrogen-bond donors (Lipinski definition) is 0. The molecule has 2 aliphatic heterocycles. The summed E-state index contributed by atoms with van der Waals surface area (Å²) in [5.74, 6) is 0. The molecule has 2 fully saturated rings. The Morgan fingerprint density at radius 2 is 0.564 bits per heavy atom. The Kier molecular flexibility index (Phi) is 18.2. The Morgan fingerprint density at radius 3 is 0.909 bits per heavy atom. The first-order valence-corrected chi connectivity index (χ1v) is 47.8. The lowest BCUT2D eigenvalue weighted by molar-refractivity contribution is -0.344. The number of hydrogen-bond acceptors (Lipinski definition) is 11. The number of ether oxygens (including phenoxy) is 3. The van der Waals surface area contributed by atoms with Crippen molar-refractivity contribution in [2.24, 2.45) is 0 Å². The lowest BCUT2D eigenvalue weighted by Crippen LogP contribution is -2.70. The predicted octanol–water partition coefficient (Wildman–Crippen LogP) is 9.48. The molecule has 0 aliphatic carbocycles. The molecule has 11 nitrogen and oxygen atoms in total. The van der Waals surface area contributed by atoms with Gasteiger partial charge in [-0.15, -0.1) is 0 Å². The molecule has 0 bridgehead atoms. The molecule has 0 saturated carbocycles. The zero-order valence-corrected chi connectivity index (χ0v) is 47.7. The maximum absolute atomic E-state index is 7.46. The molecule has 0 aromatic carbocycles. The smallest absolute Gasteiger partial charge is 0.187 e. The van der Waals surface area contributed by atoms with E-state index in [2.05, 4.69) is 157 Å². The van der Waals surface area contributed by atoms with E-state index in [1.807, 2.05) is 0 Å². The Hall–Kier alpha value is 1.30. The van der Waals surface area contributed by atoms with E-state index >= 15 is 0 Å². The van der Waals surface area contributed by atoms with Gasteiger partial charge in [-0.25, -0.2) is 0 Å². The molecule has 2 saturated heterocycles. The summed E-state index contributed by atoms with van der Waals surface area (Å²) in [5.41, 5.74) is 0. The van der Waals surface area contributed by atoms with Crippen molar-refractivity contribution >= 4 is 66.5 Å². The molecule has 328 valence electrons. The van der Waals surface area contributed by atoms with Crippen LogP contribution in [-0.4, -0.2) is 141 Å². The van der Waals surface area contributed by atoms with Crippen LogP contribution in [0.3, 0.4) is 0 Å². The normalized spacial score (nSPS) is 31.2. The van der Waals surface area contributed by atoms with Crippen molar-refractivity contribution in [3.63, 3.8) is 0 Å². The van der Waals surface area contributed by atoms with Crippen molar-refractivity contribution in [2.75, 3.05) is 13.2 Å². The predicted molar refractivity (Wildman–Crippen MR) is 246 cm³/mol. The topological polar surface area (TPSA) is 102 Å². The third-order valence-corrected chi connectivity index (χ3v) is 15.7. The second-order valence-electron chi connectivity index (χ2n) is 23.2. The van der Waals surface area contributed by atoms with Gasteiger partial charge < -0.3 is 49.6 Å². The van der Waals surface area contributed by atoms with Crippen LogP contribution >= 0.6 is 0 Å². The second-order valence-corrected chi connectivity index (χ2v) is 59.0. The van der Waals surface area contributed by atoms with E-state index in [4.69, 9.17) is 49.6 Å². The molecule has 10 atom stereocenters. The minimum absolute atomic E-state index is 0.321. The summed E-state index contributed by atoms with van der Waals surface area (Å²) >= 11 is 0. The zero-order chi connectivity index (χ0) is 43.0. The SMILES string of the molecule is C[Si](C)(C)OC[C@@H]1O[C@H](O[Si](C)(C)C)[C@@H](O[Si](C)(C)C)[C@H](O[Si](C)(C)C)[C@H]1OC1O[C@@H](CO[Si](C)(C)C)[C@H](O[Si](C)(C)C)[C@@H](O[Si](C)(C)C)[C@@H]1O[Si](C)(C)C. The first kappa shape index (κ1) is 52.4. The van der Waals surface area contributed by atoms with Crippen molar-refractivity contribution in [2.45, 2.75) is 219 Å². The highest BCUT2D eigenvalue weighted by atomic mass is 28.4. The Bertz CT molecular complexity index is 1180. The van der Waals surface area contributed by atoms with Crippen LogP contribution in [0.1, 0.15) is 0 Å². The van der Waals surface area contributed by atoms with Gasteiger partial charge in [0.1, 0.15) is 48.8 Å². The minimum Gasteiger partial charge on any atom is -0.415 e. The van der Waals surface area contributed by atoms with Crippen molar-refractivity contribution in [3.05, 3.63) is 0 Å². The lowest BCUT2D eigenvalue weighted by Gasteiger charge is -2.54. The van der Waals surface area contributed by atoms with Gasteiger partial charge in [-0.3, -0.25) is 0 Å². The molecule has 0 N–H and O–H groups in total. The van der Waals surface area contributed by atoms with E-state index in [1.165, 1.54) is 0 Å². The van der Waals surface area contributed by atoms with Gasteiger partial charge >= 0.3 is 0 Å². The van der Waals surface area contributed by atoms with E-state index in [0.29, 0.717) is 13.2 Å². The highest BCUT2D eigenvalue weighted by Gasteiger charge is 2.57. The molecular weight excluding hydrogens is 833 g/mol. The van der Waals surface area contributed by atoms with Crippen LogP contribution < -0.4 is 0 Å². The maximum atomic E-state index is 7.46. The lowest BCUT2D eigenvalue weighted by atomic mass is 9.97. The fourth-order valence-electron chi connectivity index (χ4n) is 6.26. The van der Waals surface area contributed by atoms with Crippen LogP contribution in [0.15, 0.2) is 0 Å². The van der Waals surface area contributed by atoms with Gasteiger partial charge in [0, 0.05) is 0 Å². The molecule has 0 aromatic heterocycles. The maximum Gasteiger partial charge on any atom is 0.187 e. The Balaban J connectivity index is 2.93. The molecular formula is C36H86O11Si8. The van der Waals surface area contributed by atoms with Crippen molar-refractivity contribution in [3.8, 4) is 0 Å². The summed E-state index contributed by atoms with van der Waals surface area (Å²) in [4.78, 5) is 0. The summed E-state index contributed by atoms with van der Waals surface area (Å²) < 4.78 is 77.4. The molecule has 19 heteroatoms. The molecule has 2 rings (SSSR count). The number of rotatable bonds is 20. The van der Waals surface area contributed by atoms with Crippen molar-refractivity contribution < 1.29 is 49.6 Å². The minimum atomic E-state index is -2.23. The van der Waals surface area contributed by atoms with Gasteiger partial charge in [0.2, 0.25) is 0 Å². The summed E-state index contributed by atoms with van der Waals surface area (Å²) in [6, 6.07) is 0. The molecule has 0 radical (unpaired) electrons. The summed E-state index contributed by atoms with van der Waals surface area (Å²) in [7, 11) is -17.0. The van der Waals surface area contributed by atoms with E-state index < -0.39 is 128 Å². The standard InChI is InChI=1S/C36H86O11Si8/c1-48(2,3)37-25-27-29(31(43-51(10,11)12)34(46-54(19,20)21)36(40-27)47-55(22,23)24)41-35-33(45-53(16,17)18)32(44-52(13,14)15)30(42-50(7,8)9)28(39-35)26-38-49(4,5)6/h27-36H,25-26H2,1-24H3/t27-,28-,29-,30-,31+,32+,33-,34-,35?,36+/m0/s1. The highest BCUT2D eigenvalue weighted by Crippen LogP contribution is 2.39. The largest absolute Gasteiger partial charge is 0.415 e. The van der Waals surface area contributed by atoms with Gasteiger partial charge in [0.15, 0.2) is 79.1 Å². The van der Waals surface area contributed by atoms with E-state index in [9.17, 15) is 0 Å². The van der Waals surface area contributed by atoms with Crippen LogP contribution in [0.5, 0.6) is 0 Å². The molecule has 0 aromatic rings. The third kappa shape index (κ3) is 20.6. The quantitative estimate of drug-likeness (QED) is 0.109. The van der Waals surface area contributed by atoms with E-state index in [-0.39, 0.29) is 0 Å². The average Bonchev–Trinajstić information content (AvgIpc) is 2.88. The fourth-order valence-corrected chi connectivity index (χ4v) is 13.9. The first-order chi connectivity index (χ1) is 24.2. The van der Waals surface area contributed by atoms with E-state index in [0.717, 1.165) is 0 Å². The van der Waals surface area contributed by atoms with Crippen LogP contribution in [0, 0.1) is 0 Å². The van der Waals surface area contributed by atoms with Crippen molar-refractivity contribution in [1.82, 2.24) is 0 Å². The highest BCUT2D eigenvalue weighted by molar-refractivity contribution is 6.72. The second kappa shape index (κ2) is 19.1. The van der Waals surface area contributed by atoms with Gasteiger partial charge in [-0.05, 0) is 157 Å². The summed E-state index contributed by atoms with van der Waals surface area (Å²) in [6.07, 6.45) is -5.61. The van der Waals surface area contributed by atoms with Crippen LogP contribution in [-0.2, 0) is 49.6 Å². The van der Waals surface area contributed by atoms with Crippen LogP contribution in [0.25, 0.3) is 0 Å². The van der Waals surface area contributed by atoms with Crippen molar-refractivity contribution in [1.29, 1.82) is 0 Å².